The van der Waals surface area contributed by atoms with E-state index in [0.717, 1.165) is 5.56 Å². The zero-order valence-corrected chi connectivity index (χ0v) is 17.5. The van der Waals surface area contributed by atoms with Crippen LogP contribution in [0.15, 0.2) is 24.5 Å². The molecule has 138 valence electrons. The number of halogens is 2. The van der Waals surface area contributed by atoms with Crippen molar-refractivity contribution in [1.82, 2.24) is 14.8 Å². The van der Waals surface area contributed by atoms with Crippen molar-refractivity contribution in [3.8, 4) is 0 Å². The van der Waals surface area contributed by atoms with Crippen LogP contribution in [-0.2, 0) is 5.54 Å². The fourth-order valence-electron chi connectivity index (χ4n) is 3.42. The van der Waals surface area contributed by atoms with Gasteiger partial charge in [0.15, 0.2) is 0 Å². The predicted octanol–water partition coefficient (Wildman–Crippen LogP) is 5.44. The molecule has 0 amide bonds. The largest absolute Gasteiger partial charge is 0.390 e. The van der Waals surface area contributed by atoms with E-state index in [4.69, 9.17) is 35.4 Å². The third kappa shape index (κ3) is 3.95. The van der Waals surface area contributed by atoms with Crippen molar-refractivity contribution in [1.29, 1.82) is 0 Å². The van der Waals surface area contributed by atoms with Crippen LogP contribution in [0.25, 0.3) is 0 Å². The maximum atomic E-state index is 11.5. The van der Waals surface area contributed by atoms with E-state index in [-0.39, 0.29) is 5.92 Å². The van der Waals surface area contributed by atoms with E-state index in [0.29, 0.717) is 21.2 Å². The average Bonchev–Trinajstić information content (AvgIpc) is 2.90. The Balaban J connectivity index is 2.89. The van der Waals surface area contributed by atoms with Crippen molar-refractivity contribution in [2.75, 3.05) is 0 Å². The quantitative estimate of drug-likeness (QED) is 0.655. The first-order valence-corrected chi connectivity index (χ1v) is 9.43. The van der Waals surface area contributed by atoms with Gasteiger partial charge < -0.3 is 5.11 Å². The molecule has 0 saturated heterocycles. The molecule has 0 bridgehead atoms. The zero-order valence-electron chi connectivity index (χ0n) is 15.2. The molecule has 0 spiro atoms. The highest BCUT2D eigenvalue weighted by Gasteiger charge is 2.49. The van der Waals surface area contributed by atoms with Crippen LogP contribution in [0.5, 0.6) is 0 Å². The Hall–Kier alpha value is -0.880. The first-order valence-electron chi connectivity index (χ1n) is 8.26. The minimum absolute atomic E-state index is 0.272. The van der Waals surface area contributed by atoms with Gasteiger partial charge in [0.05, 0.1) is 6.10 Å². The third-order valence-corrected chi connectivity index (χ3v) is 5.18. The van der Waals surface area contributed by atoms with Crippen molar-refractivity contribution < 1.29 is 5.11 Å². The van der Waals surface area contributed by atoms with E-state index in [1.807, 2.05) is 26.8 Å². The maximum absolute atomic E-state index is 11.5. The molecule has 2 N–H and O–H groups in total. The Morgan fingerprint density at radius 1 is 1.28 bits per heavy atom. The molecule has 1 heterocycles. The molecule has 4 nitrogen and oxygen atoms in total. The van der Waals surface area contributed by atoms with Crippen LogP contribution in [0.4, 0.5) is 0 Å². The molecule has 1 aromatic carbocycles. The first-order chi connectivity index (χ1) is 11.5. The van der Waals surface area contributed by atoms with Crippen LogP contribution in [0.3, 0.4) is 0 Å². The molecular weight excluding hydrogens is 377 g/mol. The van der Waals surface area contributed by atoms with Crippen LogP contribution < -0.4 is 0 Å². The fraction of sp³-hybridized carbons (Fsp3) is 0.556. The number of rotatable bonds is 5. The van der Waals surface area contributed by atoms with Gasteiger partial charge in [0.25, 0.3) is 0 Å². The Kier molecular flexibility index (Phi) is 6.04. The molecule has 2 rings (SSSR count). The lowest BCUT2D eigenvalue weighted by Gasteiger charge is -2.46. The Bertz CT molecular complexity index is 794. The molecule has 0 fully saturated rings. The predicted molar refractivity (Wildman–Crippen MR) is 106 cm³/mol. The number of aliphatic hydroxyl groups is 1. The molecule has 0 aliphatic rings. The highest BCUT2D eigenvalue weighted by molar-refractivity contribution is 7.71. The van der Waals surface area contributed by atoms with Gasteiger partial charge in [-0.05, 0) is 42.1 Å². The van der Waals surface area contributed by atoms with Crippen LogP contribution >= 0.6 is 35.4 Å². The summed E-state index contributed by atoms with van der Waals surface area (Å²) in [6.07, 6.45) is 1.40. The van der Waals surface area contributed by atoms with Crippen molar-refractivity contribution in [2.24, 2.45) is 11.3 Å². The summed E-state index contributed by atoms with van der Waals surface area (Å²) in [5.74, 6) is 0.272. The topological polar surface area (TPSA) is 53.8 Å². The molecule has 1 aromatic heterocycles. The van der Waals surface area contributed by atoms with Gasteiger partial charge in [0.1, 0.15) is 11.9 Å². The Morgan fingerprint density at radius 2 is 1.92 bits per heavy atom. The second-order valence-electron chi connectivity index (χ2n) is 7.92. The number of H-pyrrole nitrogens is 1. The molecular formula is C18H25Cl2N3OS. The molecule has 2 aromatic rings. The monoisotopic (exact) mass is 401 g/mol. The summed E-state index contributed by atoms with van der Waals surface area (Å²) in [7, 11) is 0. The SMILES string of the molecule is CC(C)C[C@](c1ccc(Cl)cc1Cl)([C@@H](O)C(C)(C)C)n1[nH]cnc1=S. The van der Waals surface area contributed by atoms with E-state index in [9.17, 15) is 5.11 Å². The normalized spacial score (nSPS) is 16.0. The first kappa shape index (κ1) is 20.4. The summed E-state index contributed by atoms with van der Waals surface area (Å²) in [6.45, 7) is 10.2. The number of hydrogen-bond acceptors (Lipinski definition) is 3. The molecule has 0 radical (unpaired) electrons. The Morgan fingerprint density at radius 3 is 2.36 bits per heavy atom. The van der Waals surface area contributed by atoms with Gasteiger partial charge in [0.2, 0.25) is 4.77 Å². The average molecular weight is 402 g/mol. The number of aromatic amines is 1. The molecule has 7 heteroatoms. The van der Waals surface area contributed by atoms with Gasteiger partial charge in [-0.25, -0.2) is 9.67 Å². The van der Waals surface area contributed by atoms with Crippen molar-refractivity contribution in [3.05, 3.63) is 44.9 Å². The van der Waals surface area contributed by atoms with Gasteiger partial charge in [-0.3, -0.25) is 5.10 Å². The molecule has 0 aliphatic carbocycles. The second-order valence-corrected chi connectivity index (χ2v) is 9.13. The number of nitrogens with one attached hydrogen (secondary N) is 1. The van der Waals surface area contributed by atoms with Gasteiger partial charge in [-0.1, -0.05) is 63.9 Å². The molecule has 0 unspecified atom stereocenters. The van der Waals surface area contributed by atoms with Crippen molar-refractivity contribution >= 4 is 35.4 Å². The van der Waals surface area contributed by atoms with E-state index in [1.54, 1.807) is 16.8 Å². The third-order valence-electron chi connectivity index (χ3n) is 4.34. The van der Waals surface area contributed by atoms with Gasteiger partial charge in [-0.15, -0.1) is 0 Å². The van der Waals surface area contributed by atoms with E-state index in [1.165, 1.54) is 6.33 Å². The smallest absolute Gasteiger partial charge is 0.216 e. The van der Waals surface area contributed by atoms with Crippen molar-refractivity contribution in [3.63, 3.8) is 0 Å². The van der Waals surface area contributed by atoms with Crippen LogP contribution in [0.1, 0.15) is 46.6 Å². The summed E-state index contributed by atoms with van der Waals surface area (Å²) < 4.78 is 2.13. The lowest BCUT2D eigenvalue weighted by molar-refractivity contribution is -0.0381. The van der Waals surface area contributed by atoms with E-state index >= 15 is 0 Å². The Labute approximate surface area is 164 Å². The van der Waals surface area contributed by atoms with Crippen LogP contribution in [0, 0.1) is 16.1 Å². The van der Waals surface area contributed by atoms with Gasteiger partial charge in [-0.2, -0.15) is 0 Å². The summed E-state index contributed by atoms with van der Waals surface area (Å²) >= 11 is 18.1. The van der Waals surface area contributed by atoms with Crippen molar-refractivity contribution in [2.45, 2.75) is 52.7 Å². The lowest BCUT2D eigenvalue weighted by Crippen LogP contribution is -2.53. The minimum atomic E-state index is -0.887. The molecule has 0 aliphatic heterocycles. The summed E-state index contributed by atoms with van der Waals surface area (Å²) in [5.41, 5.74) is -0.533. The molecule has 0 saturated carbocycles. The van der Waals surface area contributed by atoms with E-state index in [2.05, 4.69) is 23.9 Å². The number of nitrogens with zero attached hydrogens (tertiary/aromatic N) is 2. The highest BCUT2D eigenvalue weighted by atomic mass is 35.5. The highest BCUT2D eigenvalue weighted by Crippen LogP contribution is 2.45. The summed E-state index contributed by atoms with van der Waals surface area (Å²) in [6, 6.07) is 5.35. The lowest BCUT2D eigenvalue weighted by atomic mass is 9.69. The zero-order chi connectivity index (χ0) is 19.0. The van der Waals surface area contributed by atoms with Crippen LogP contribution in [-0.4, -0.2) is 26.0 Å². The number of hydrogen-bond donors (Lipinski definition) is 2. The summed E-state index contributed by atoms with van der Waals surface area (Å²) in [5, 5.41) is 15.6. The standard InChI is InChI=1S/C18H25Cl2N3OS/c1-11(2)9-18(15(24)17(3,4)5,23-16(25)21-10-22-23)13-7-6-12(19)8-14(13)20/h6-8,10-11,15,24H,9H2,1-5H3,(H,21,22,25)/t15-,18-/m0/s1. The summed E-state index contributed by atoms with van der Waals surface area (Å²) in [4.78, 5) is 4.17. The molecule has 2 atom stereocenters. The van der Waals surface area contributed by atoms with Gasteiger partial charge >= 0.3 is 0 Å². The van der Waals surface area contributed by atoms with E-state index < -0.39 is 17.1 Å². The number of benzene rings is 1. The number of aromatic nitrogens is 3. The molecule has 25 heavy (non-hydrogen) atoms. The van der Waals surface area contributed by atoms with Gasteiger partial charge in [0, 0.05) is 15.6 Å². The minimum Gasteiger partial charge on any atom is -0.390 e. The fourth-order valence-corrected chi connectivity index (χ4v) is 4.26. The second kappa shape index (κ2) is 7.39. The van der Waals surface area contributed by atoms with Crippen LogP contribution in [0.2, 0.25) is 10.0 Å². The maximum Gasteiger partial charge on any atom is 0.216 e. The number of aliphatic hydroxyl groups excluding tert-OH is 1.